The van der Waals surface area contributed by atoms with Crippen LogP contribution in [0.15, 0.2) is 90.6 Å². The van der Waals surface area contributed by atoms with Crippen molar-refractivity contribution < 1.29 is 14.5 Å². The van der Waals surface area contributed by atoms with E-state index in [-0.39, 0.29) is 16.9 Å². The van der Waals surface area contributed by atoms with Crippen molar-refractivity contribution in [1.82, 2.24) is 0 Å². The molecule has 0 aliphatic carbocycles. The van der Waals surface area contributed by atoms with Crippen LogP contribution < -0.4 is 15.4 Å². The van der Waals surface area contributed by atoms with Gasteiger partial charge in [0.25, 0.3) is 11.6 Å². The second-order valence-corrected chi connectivity index (χ2v) is 6.02. The maximum atomic E-state index is 12.3. The van der Waals surface area contributed by atoms with Crippen molar-refractivity contribution in [3.63, 3.8) is 0 Å². The van der Waals surface area contributed by atoms with Crippen molar-refractivity contribution in [2.24, 2.45) is 0 Å². The summed E-state index contributed by atoms with van der Waals surface area (Å²) in [5.74, 6) is 0.664. The summed E-state index contributed by atoms with van der Waals surface area (Å²) in [5.41, 5.74) is 0.515. The summed E-state index contributed by atoms with van der Waals surface area (Å²) in [4.78, 5) is 22.5. The number of rotatable bonds is 7. The smallest absolute Gasteiger partial charge is 0.271 e. The Morgan fingerprint density at radius 3 is 2.33 bits per heavy atom. The van der Waals surface area contributed by atoms with Gasteiger partial charge in [0, 0.05) is 29.7 Å². The topological polar surface area (TPSA) is 117 Å². The quantitative estimate of drug-likeness (QED) is 0.253. The molecule has 0 aliphatic rings. The molecule has 2 N–H and O–H groups in total. The molecule has 0 aromatic heterocycles. The van der Waals surface area contributed by atoms with Crippen molar-refractivity contribution in [3.05, 3.63) is 101 Å². The third kappa shape index (κ3) is 5.43. The zero-order valence-electron chi connectivity index (χ0n) is 15.6. The van der Waals surface area contributed by atoms with Crippen LogP contribution in [0.4, 0.5) is 17.1 Å². The van der Waals surface area contributed by atoms with Gasteiger partial charge in [0.2, 0.25) is 0 Å². The van der Waals surface area contributed by atoms with E-state index in [4.69, 9.17) is 4.74 Å². The number of carbonyl (C=O) groups excluding carboxylic acids is 1. The third-order valence-electron chi connectivity index (χ3n) is 3.90. The van der Waals surface area contributed by atoms with Crippen LogP contribution in [0, 0.1) is 21.4 Å². The molecule has 0 unspecified atom stereocenters. The number of nitriles is 1. The summed E-state index contributed by atoms with van der Waals surface area (Å²) >= 11 is 0. The van der Waals surface area contributed by atoms with Crippen molar-refractivity contribution in [1.29, 1.82) is 5.26 Å². The van der Waals surface area contributed by atoms with E-state index >= 15 is 0 Å². The fraction of sp³-hybridized carbons (Fsp3) is 0. The summed E-state index contributed by atoms with van der Waals surface area (Å²) in [5, 5.41) is 25.4. The summed E-state index contributed by atoms with van der Waals surface area (Å²) < 4.78 is 5.70. The standard InChI is InChI=1S/C22H16N4O4/c23-14-16(22(27)25-18-5-4-6-19(13-18)26(28)29)15-24-17-9-11-21(12-10-17)30-20-7-2-1-3-8-20/h1-13,15,24H,(H,25,27)/b16-15-. The average Bonchev–Trinajstić information content (AvgIpc) is 2.76. The number of ether oxygens (including phenoxy) is 1. The summed E-state index contributed by atoms with van der Waals surface area (Å²) in [7, 11) is 0. The van der Waals surface area contributed by atoms with Crippen molar-refractivity contribution in [3.8, 4) is 17.6 Å². The fourth-order valence-electron chi connectivity index (χ4n) is 2.44. The van der Waals surface area contributed by atoms with Gasteiger partial charge in [-0.15, -0.1) is 0 Å². The highest BCUT2D eigenvalue weighted by molar-refractivity contribution is 6.06. The van der Waals surface area contributed by atoms with E-state index < -0.39 is 10.8 Å². The molecule has 0 fully saturated rings. The van der Waals surface area contributed by atoms with Crippen molar-refractivity contribution in [2.45, 2.75) is 0 Å². The molecule has 3 aromatic carbocycles. The van der Waals surface area contributed by atoms with Gasteiger partial charge in [-0.1, -0.05) is 24.3 Å². The lowest BCUT2D eigenvalue weighted by Gasteiger charge is -2.07. The molecular formula is C22H16N4O4. The summed E-state index contributed by atoms with van der Waals surface area (Å²) in [6.45, 7) is 0. The maximum Gasteiger partial charge on any atom is 0.271 e. The highest BCUT2D eigenvalue weighted by Gasteiger charge is 2.12. The highest BCUT2D eigenvalue weighted by Crippen LogP contribution is 2.23. The molecule has 0 saturated heterocycles. The van der Waals surface area contributed by atoms with Gasteiger partial charge >= 0.3 is 0 Å². The van der Waals surface area contributed by atoms with Crippen LogP contribution in [0.5, 0.6) is 11.5 Å². The Hall–Kier alpha value is -4.64. The van der Waals surface area contributed by atoms with Gasteiger partial charge in [0.1, 0.15) is 23.1 Å². The number of hydrogen-bond donors (Lipinski definition) is 2. The number of nitro groups is 1. The number of para-hydroxylation sites is 1. The highest BCUT2D eigenvalue weighted by atomic mass is 16.6. The Labute approximate surface area is 172 Å². The van der Waals surface area contributed by atoms with E-state index in [1.54, 1.807) is 30.3 Å². The maximum absolute atomic E-state index is 12.3. The average molecular weight is 400 g/mol. The molecule has 0 saturated carbocycles. The first kappa shape index (κ1) is 20.1. The van der Waals surface area contributed by atoms with Crippen LogP contribution in [-0.2, 0) is 4.79 Å². The Kier molecular flexibility index (Phi) is 6.38. The molecule has 30 heavy (non-hydrogen) atoms. The molecule has 3 rings (SSSR count). The minimum atomic E-state index is -0.686. The minimum absolute atomic E-state index is 0.161. The minimum Gasteiger partial charge on any atom is -0.457 e. The molecule has 148 valence electrons. The van der Waals surface area contributed by atoms with Gasteiger partial charge in [-0.25, -0.2) is 0 Å². The zero-order chi connectivity index (χ0) is 21.3. The molecule has 0 heterocycles. The number of amides is 1. The first-order chi connectivity index (χ1) is 14.5. The molecule has 8 heteroatoms. The summed E-state index contributed by atoms with van der Waals surface area (Å²) in [6, 6.07) is 23.6. The van der Waals surface area contributed by atoms with Gasteiger partial charge in [-0.3, -0.25) is 14.9 Å². The molecule has 8 nitrogen and oxygen atoms in total. The second kappa shape index (κ2) is 9.52. The first-order valence-electron chi connectivity index (χ1n) is 8.81. The number of carbonyl (C=O) groups is 1. The summed E-state index contributed by atoms with van der Waals surface area (Å²) in [6.07, 6.45) is 1.26. The monoisotopic (exact) mass is 400 g/mol. The molecule has 0 atom stereocenters. The molecule has 0 bridgehead atoms. The van der Waals surface area contributed by atoms with E-state index in [1.165, 1.54) is 30.5 Å². The number of non-ortho nitro benzene ring substituents is 1. The molecule has 0 spiro atoms. The predicted octanol–water partition coefficient (Wildman–Crippen LogP) is 4.85. The van der Waals surface area contributed by atoms with Gasteiger partial charge in [0.05, 0.1) is 4.92 Å². The van der Waals surface area contributed by atoms with Crippen molar-refractivity contribution >= 4 is 23.0 Å². The number of nitro benzene ring substituents is 1. The van der Waals surface area contributed by atoms with E-state index in [9.17, 15) is 20.2 Å². The zero-order valence-corrected chi connectivity index (χ0v) is 15.6. The van der Waals surface area contributed by atoms with Crippen LogP contribution in [0.2, 0.25) is 0 Å². The normalized spacial score (nSPS) is 10.6. The van der Waals surface area contributed by atoms with Gasteiger partial charge < -0.3 is 15.4 Å². The Morgan fingerprint density at radius 2 is 1.67 bits per heavy atom. The van der Waals surface area contributed by atoms with E-state index in [2.05, 4.69) is 10.6 Å². The number of nitrogens with zero attached hydrogens (tertiary/aromatic N) is 2. The van der Waals surface area contributed by atoms with Crippen LogP contribution in [0.25, 0.3) is 0 Å². The van der Waals surface area contributed by atoms with E-state index in [0.29, 0.717) is 17.2 Å². The number of nitrogens with one attached hydrogen (secondary N) is 2. The molecule has 1 amide bonds. The Morgan fingerprint density at radius 1 is 0.967 bits per heavy atom. The lowest BCUT2D eigenvalue weighted by Crippen LogP contribution is -2.14. The lowest BCUT2D eigenvalue weighted by atomic mass is 10.2. The molecule has 3 aromatic rings. The first-order valence-corrected chi connectivity index (χ1v) is 8.81. The van der Waals surface area contributed by atoms with E-state index in [1.807, 2.05) is 30.3 Å². The Balaban J connectivity index is 1.63. The van der Waals surface area contributed by atoms with Crippen LogP contribution >= 0.6 is 0 Å². The van der Waals surface area contributed by atoms with Crippen LogP contribution in [0.1, 0.15) is 0 Å². The van der Waals surface area contributed by atoms with Gasteiger partial charge in [0.15, 0.2) is 0 Å². The molecular weight excluding hydrogens is 384 g/mol. The van der Waals surface area contributed by atoms with Gasteiger partial charge in [-0.05, 0) is 42.5 Å². The van der Waals surface area contributed by atoms with Gasteiger partial charge in [-0.2, -0.15) is 5.26 Å². The second-order valence-electron chi connectivity index (χ2n) is 6.02. The fourth-order valence-corrected chi connectivity index (χ4v) is 2.44. The lowest BCUT2D eigenvalue weighted by molar-refractivity contribution is -0.384. The Bertz CT molecular complexity index is 1120. The van der Waals surface area contributed by atoms with E-state index in [0.717, 1.165) is 0 Å². The van der Waals surface area contributed by atoms with Crippen LogP contribution in [0.3, 0.4) is 0 Å². The molecule has 0 aliphatic heterocycles. The number of hydrogen-bond acceptors (Lipinski definition) is 6. The third-order valence-corrected chi connectivity index (χ3v) is 3.90. The molecule has 0 radical (unpaired) electrons. The predicted molar refractivity (Wildman–Crippen MR) is 112 cm³/mol. The SMILES string of the molecule is N#C/C(=C/Nc1ccc(Oc2ccccc2)cc1)C(=O)Nc1cccc([N+](=O)[O-])c1. The van der Waals surface area contributed by atoms with Crippen molar-refractivity contribution in [2.75, 3.05) is 10.6 Å². The number of benzene rings is 3. The van der Waals surface area contributed by atoms with Crippen LogP contribution in [-0.4, -0.2) is 10.8 Å². The number of anilines is 2. The largest absolute Gasteiger partial charge is 0.457 e.